The van der Waals surface area contributed by atoms with Gasteiger partial charge in [0, 0.05) is 25.7 Å². The Morgan fingerprint density at radius 1 is 1.23 bits per heavy atom. The van der Waals surface area contributed by atoms with Crippen LogP contribution in [0.2, 0.25) is 0 Å². The molecule has 0 aliphatic heterocycles. The van der Waals surface area contributed by atoms with Crippen LogP contribution in [0.4, 0.5) is 0 Å². The molecule has 2 rings (SSSR count). The Bertz CT molecular complexity index is 459. The van der Waals surface area contributed by atoms with Gasteiger partial charge in [-0.25, -0.2) is 0 Å². The van der Waals surface area contributed by atoms with Crippen LogP contribution in [0.3, 0.4) is 0 Å². The molecular formula is C17H28IN3O. The van der Waals surface area contributed by atoms with Crippen LogP contribution in [0.25, 0.3) is 0 Å². The molecule has 1 saturated carbocycles. The van der Waals surface area contributed by atoms with E-state index >= 15 is 0 Å². The quantitative estimate of drug-likeness (QED) is 0.422. The van der Waals surface area contributed by atoms with E-state index in [0.29, 0.717) is 6.10 Å². The minimum atomic E-state index is 0. The third kappa shape index (κ3) is 6.02. The molecule has 0 heterocycles. The van der Waals surface area contributed by atoms with Gasteiger partial charge in [0.1, 0.15) is 5.75 Å². The Hall–Kier alpha value is -0.980. The van der Waals surface area contributed by atoms with Gasteiger partial charge in [-0.2, -0.15) is 0 Å². The summed E-state index contributed by atoms with van der Waals surface area (Å²) in [5.74, 6) is 1.84. The van der Waals surface area contributed by atoms with Gasteiger partial charge < -0.3 is 15.4 Å². The average Bonchev–Trinajstić information content (AvgIpc) is 3.02. The highest BCUT2D eigenvalue weighted by Gasteiger charge is 2.17. The van der Waals surface area contributed by atoms with Crippen molar-refractivity contribution in [3.05, 3.63) is 29.8 Å². The molecule has 1 aliphatic carbocycles. The second-order valence-corrected chi connectivity index (χ2v) is 5.48. The van der Waals surface area contributed by atoms with E-state index < -0.39 is 0 Å². The Kier molecular flexibility index (Phi) is 9.27. The summed E-state index contributed by atoms with van der Waals surface area (Å²) < 4.78 is 6.15. The first-order chi connectivity index (χ1) is 10.3. The molecule has 1 aromatic carbocycles. The average molecular weight is 417 g/mol. The van der Waals surface area contributed by atoms with Crippen molar-refractivity contribution in [3.8, 4) is 5.75 Å². The highest BCUT2D eigenvalue weighted by molar-refractivity contribution is 14.0. The first-order valence-corrected chi connectivity index (χ1v) is 8.02. The number of nitrogens with one attached hydrogen (secondary N) is 2. The lowest BCUT2D eigenvalue weighted by Gasteiger charge is -2.17. The van der Waals surface area contributed by atoms with E-state index in [1.807, 2.05) is 6.07 Å². The van der Waals surface area contributed by atoms with Crippen molar-refractivity contribution in [3.63, 3.8) is 0 Å². The number of hydrogen-bond acceptors (Lipinski definition) is 2. The van der Waals surface area contributed by atoms with E-state index in [1.54, 1.807) is 7.05 Å². The van der Waals surface area contributed by atoms with Gasteiger partial charge in [-0.05, 0) is 38.2 Å². The molecular weight excluding hydrogens is 389 g/mol. The number of ether oxygens (including phenoxy) is 1. The molecule has 22 heavy (non-hydrogen) atoms. The molecule has 4 nitrogen and oxygen atoms in total. The lowest BCUT2D eigenvalue weighted by molar-refractivity contribution is 0.208. The van der Waals surface area contributed by atoms with Crippen molar-refractivity contribution in [2.45, 2.75) is 51.7 Å². The van der Waals surface area contributed by atoms with Gasteiger partial charge in [0.15, 0.2) is 5.96 Å². The third-order valence-electron chi connectivity index (χ3n) is 3.78. The van der Waals surface area contributed by atoms with Crippen molar-refractivity contribution < 1.29 is 4.74 Å². The molecule has 0 bridgehead atoms. The summed E-state index contributed by atoms with van der Waals surface area (Å²) >= 11 is 0. The van der Waals surface area contributed by atoms with Gasteiger partial charge >= 0.3 is 0 Å². The molecule has 0 spiro atoms. The number of hydrogen-bond donors (Lipinski definition) is 2. The Balaban J connectivity index is 0.00000242. The Labute approximate surface area is 151 Å². The van der Waals surface area contributed by atoms with Crippen LogP contribution in [-0.4, -0.2) is 25.7 Å². The fraction of sp³-hybridized carbons (Fsp3) is 0.588. The fourth-order valence-electron chi connectivity index (χ4n) is 2.59. The number of guanidine groups is 1. The van der Waals surface area contributed by atoms with Crippen molar-refractivity contribution >= 4 is 29.9 Å². The summed E-state index contributed by atoms with van der Waals surface area (Å²) in [6.07, 6.45) is 6.42. The molecule has 0 unspecified atom stereocenters. The molecule has 1 aliphatic rings. The molecule has 0 radical (unpaired) electrons. The number of aliphatic imine (C=N–C) groups is 1. The lowest BCUT2D eigenvalue weighted by atomic mass is 10.2. The topological polar surface area (TPSA) is 45.7 Å². The zero-order chi connectivity index (χ0) is 14.9. The maximum Gasteiger partial charge on any atom is 0.191 e. The Morgan fingerprint density at radius 3 is 2.64 bits per heavy atom. The molecule has 0 aromatic heterocycles. The molecule has 124 valence electrons. The van der Waals surface area contributed by atoms with Crippen LogP contribution in [-0.2, 0) is 6.54 Å². The summed E-state index contributed by atoms with van der Waals surface area (Å²) in [5, 5.41) is 6.62. The predicted molar refractivity (Wildman–Crippen MR) is 103 cm³/mol. The summed E-state index contributed by atoms with van der Waals surface area (Å²) in [7, 11) is 1.80. The monoisotopic (exact) mass is 417 g/mol. The third-order valence-corrected chi connectivity index (χ3v) is 3.78. The van der Waals surface area contributed by atoms with Gasteiger partial charge in [-0.3, -0.25) is 4.99 Å². The highest BCUT2D eigenvalue weighted by Crippen LogP contribution is 2.26. The van der Waals surface area contributed by atoms with E-state index in [2.05, 4.69) is 40.7 Å². The minimum Gasteiger partial charge on any atom is -0.490 e. The second-order valence-electron chi connectivity index (χ2n) is 5.48. The first-order valence-electron chi connectivity index (χ1n) is 8.02. The molecule has 0 amide bonds. The van der Waals surface area contributed by atoms with E-state index in [0.717, 1.165) is 31.2 Å². The summed E-state index contributed by atoms with van der Waals surface area (Å²) in [4.78, 5) is 4.23. The molecule has 0 saturated heterocycles. The summed E-state index contributed by atoms with van der Waals surface area (Å²) in [6, 6.07) is 8.28. The van der Waals surface area contributed by atoms with Crippen molar-refractivity contribution in [1.82, 2.24) is 10.6 Å². The smallest absolute Gasteiger partial charge is 0.191 e. The van der Waals surface area contributed by atoms with Crippen molar-refractivity contribution in [2.24, 2.45) is 4.99 Å². The normalized spacial score (nSPS) is 15.3. The number of nitrogens with zero attached hydrogens (tertiary/aromatic N) is 1. The minimum absolute atomic E-state index is 0. The maximum atomic E-state index is 6.15. The summed E-state index contributed by atoms with van der Waals surface area (Å²) in [6.45, 7) is 3.80. The molecule has 1 fully saturated rings. The number of rotatable bonds is 6. The standard InChI is InChI=1S/C17H27N3O.HI/c1-3-12-19-17(18-2)20-13-14-8-4-7-11-16(14)21-15-9-5-6-10-15;/h4,7-8,11,15H,3,5-6,9-10,12-13H2,1-2H3,(H2,18,19,20);1H. The first kappa shape index (κ1) is 19.1. The number of halogens is 1. The number of benzene rings is 1. The fourth-order valence-corrected chi connectivity index (χ4v) is 2.59. The molecule has 2 N–H and O–H groups in total. The van der Waals surface area contributed by atoms with Crippen LogP contribution in [0.5, 0.6) is 5.75 Å². The zero-order valence-electron chi connectivity index (χ0n) is 13.6. The van der Waals surface area contributed by atoms with Crippen LogP contribution in [0, 0.1) is 0 Å². The van der Waals surface area contributed by atoms with E-state index in [4.69, 9.17) is 4.74 Å². The van der Waals surface area contributed by atoms with Crippen molar-refractivity contribution in [1.29, 1.82) is 0 Å². The van der Waals surface area contributed by atoms with Crippen LogP contribution in [0.15, 0.2) is 29.3 Å². The SMILES string of the molecule is CCCNC(=NC)NCc1ccccc1OC1CCCC1.I. The van der Waals surface area contributed by atoms with Crippen LogP contribution >= 0.6 is 24.0 Å². The molecule has 1 aromatic rings. The van der Waals surface area contributed by atoms with Gasteiger partial charge in [0.2, 0.25) is 0 Å². The van der Waals surface area contributed by atoms with E-state index in [-0.39, 0.29) is 24.0 Å². The maximum absolute atomic E-state index is 6.15. The number of para-hydroxylation sites is 1. The van der Waals surface area contributed by atoms with Gasteiger partial charge in [-0.15, -0.1) is 24.0 Å². The van der Waals surface area contributed by atoms with Crippen LogP contribution in [0.1, 0.15) is 44.6 Å². The summed E-state index contributed by atoms with van der Waals surface area (Å²) in [5.41, 5.74) is 1.18. The highest BCUT2D eigenvalue weighted by atomic mass is 127. The molecule has 0 atom stereocenters. The van der Waals surface area contributed by atoms with Gasteiger partial charge in [0.05, 0.1) is 6.10 Å². The second kappa shape index (κ2) is 10.7. The van der Waals surface area contributed by atoms with E-state index in [9.17, 15) is 0 Å². The molecule has 5 heteroatoms. The largest absolute Gasteiger partial charge is 0.490 e. The van der Waals surface area contributed by atoms with Gasteiger partial charge in [-0.1, -0.05) is 25.1 Å². The van der Waals surface area contributed by atoms with Crippen LogP contribution < -0.4 is 15.4 Å². The lowest BCUT2D eigenvalue weighted by Crippen LogP contribution is -2.37. The van der Waals surface area contributed by atoms with Crippen molar-refractivity contribution in [2.75, 3.05) is 13.6 Å². The van der Waals surface area contributed by atoms with Gasteiger partial charge in [0.25, 0.3) is 0 Å². The Morgan fingerprint density at radius 2 is 1.95 bits per heavy atom. The zero-order valence-corrected chi connectivity index (χ0v) is 15.9. The predicted octanol–water partition coefficient (Wildman–Crippen LogP) is 3.70. The van der Waals surface area contributed by atoms with E-state index in [1.165, 1.54) is 31.2 Å².